The van der Waals surface area contributed by atoms with Crippen molar-refractivity contribution in [2.24, 2.45) is 0 Å². The van der Waals surface area contributed by atoms with Gasteiger partial charge in [0.25, 0.3) is 0 Å². The van der Waals surface area contributed by atoms with E-state index >= 15 is 0 Å². The van der Waals surface area contributed by atoms with Gasteiger partial charge in [-0.2, -0.15) is 4.98 Å². The quantitative estimate of drug-likeness (QED) is 0.176. The zero-order valence-corrected chi connectivity index (χ0v) is 28.4. The number of likely N-dealkylation sites (tertiary alicyclic amines) is 1. The summed E-state index contributed by atoms with van der Waals surface area (Å²) in [6.07, 6.45) is 3.51. The van der Waals surface area contributed by atoms with Crippen LogP contribution < -0.4 is 15.4 Å². The molecule has 11 nitrogen and oxygen atoms in total. The van der Waals surface area contributed by atoms with Gasteiger partial charge in [0, 0.05) is 25.9 Å². The number of benzene rings is 2. The number of nitrogens with one attached hydrogen (secondary N) is 2. The number of carboxylic acid groups (broad SMARTS) is 1. The van der Waals surface area contributed by atoms with Crippen molar-refractivity contribution in [3.8, 4) is 5.75 Å². The largest absolute Gasteiger partial charge is 0.489 e. The lowest BCUT2D eigenvalue weighted by atomic mass is 9.86. The number of rotatable bonds is 13. The molecule has 248 valence electrons. The van der Waals surface area contributed by atoms with Crippen LogP contribution in [0.2, 0.25) is 5.02 Å². The fourth-order valence-electron chi connectivity index (χ4n) is 5.42. The molecule has 0 saturated carbocycles. The van der Waals surface area contributed by atoms with Crippen molar-refractivity contribution in [1.29, 1.82) is 0 Å². The van der Waals surface area contributed by atoms with E-state index in [1.807, 2.05) is 37.8 Å². The predicted octanol–water partition coefficient (Wildman–Crippen LogP) is 6.86. The van der Waals surface area contributed by atoms with Gasteiger partial charge in [-0.3, -0.25) is 9.59 Å². The molecule has 3 aromatic rings. The fraction of sp³-hybridized carbons (Fsp3) is 0.455. The molecular formula is C33H42ClN5O6S. The molecule has 0 aliphatic carbocycles. The molecule has 0 unspecified atom stereocenters. The third-order valence-corrected chi connectivity index (χ3v) is 10.3. The number of aliphatic carboxylic acids is 1. The van der Waals surface area contributed by atoms with Crippen LogP contribution in [-0.4, -0.2) is 64.7 Å². The van der Waals surface area contributed by atoms with E-state index in [0.717, 1.165) is 24.0 Å². The van der Waals surface area contributed by atoms with Gasteiger partial charge in [-0.15, -0.1) is 0 Å². The second-order valence-corrected chi connectivity index (χ2v) is 14.9. The third kappa shape index (κ3) is 8.67. The number of carbonyl (C=O) groups excluding carboxylic acids is 1. The minimum Gasteiger partial charge on any atom is -0.489 e. The standard InChI is InChI=1S/C33H42ClN5O6S/c1-20(2)45-28-18-24(23-13-15-39(16-14-23)30(40)11-8-12-31(41)42)22(5)17-27(28)37-33-35-19-25(34)32(38-33)36-26-9-6-7-10-29(26)46(43,44)21(3)4/h6-7,9-10,17-21,23H,8,11-16H2,1-5H3,(H,41,42)(H2,35,36,37,38). The highest BCUT2D eigenvalue weighted by atomic mass is 35.5. The molecule has 0 radical (unpaired) electrons. The number of aryl methyl sites for hydroxylation is 1. The minimum absolute atomic E-state index is 0.00154. The lowest BCUT2D eigenvalue weighted by Gasteiger charge is -2.33. The Kier molecular flexibility index (Phi) is 11.5. The first-order valence-corrected chi connectivity index (χ1v) is 17.4. The normalized spacial score (nSPS) is 14.0. The van der Waals surface area contributed by atoms with E-state index in [2.05, 4.69) is 20.6 Å². The summed E-state index contributed by atoms with van der Waals surface area (Å²) in [5.41, 5.74) is 3.21. The average molecular weight is 672 g/mol. The molecule has 0 atom stereocenters. The Balaban J connectivity index is 1.54. The van der Waals surface area contributed by atoms with Crippen LogP contribution in [-0.2, 0) is 19.4 Å². The molecule has 2 aromatic carbocycles. The van der Waals surface area contributed by atoms with Crippen LogP contribution in [0.3, 0.4) is 0 Å². The number of carbonyl (C=O) groups is 2. The van der Waals surface area contributed by atoms with Gasteiger partial charge >= 0.3 is 5.97 Å². The number of carboxylic acids is 1. The number of hydrogen-bond acceptors (Lipinski definition) is 9. The van der Waals surface area contributed by atoms with Crippen molar-refractivity contribution in [2.75, 3.05) is 23.7 Å². The molecule has 4 rings (SSSR count). The van der Waals surface area contributed by atoms with Crippen molar-refractivity contribution in [3.63, 3.8) is 0 Å². The molecule has 1 saturated heterocycles. The van der Waals surface area contributed by atoms with Crippen molar-refractivity contribution in [1.82, 2.24) is 14.9 Å². The van der Waals surface area contributed by atoms with E-state index in [1.54, 1.807) is 38.1 Å². The van der Waals surface area contributed by atoms with E-state index < -0.39 is 21.1 Å². The molecule has 2 heterocycles. The molecule has 46 heavy (non-hydrogen) atoms. The predicted molar refractivity (Wildman–Crippen MR) is 179 cm³/mol. The molecule has 0 spiro atoms. The SMILES string of the molecule is Cc1cc(Nc2ncc(Cl)c(Nc3ccccc3S(=O)(=O)C(C)C)n2)c(OC(C)C)cc1C1CCN(C(=O)CCCC(=O)O)CC1. The Labute approximate surface area is 275 Å². The Bertz CT molecular complexity index is 1670. The molecule has 0 bridgehead atoms. The van der Waals surface area contributed by atoms with Gasteiger partial charge in [0.05, 0.1) is 33.8 Å². The molecule has 1 aliphatic heterocycles. The summed E-state index contributed by atoms with van der Waals surface area (Å²) in [4.78, 5) is 34.3. The second-order valence-electron chi connectivity index (χ2n) is 12.0. The number of nitrogens with zero attached hydrogens (tertiary/aromatic N) is 3. The van der Waals surface area contributed by atoms with E-state index in [0.29, 0.717) is 36.6 Å². The average Bonchev–Trinajstić information content (AvgIpc) is 3.00. The molecule has 1 aromatic heterocycles. The number of halogens is 1. The Morgan fingerprint density at radius 2 is 1.76 bits per heavy atom. The van der Waals surface area contributed by atoms with Crippen molar-refractivity contribution in [2.45, 2.75) is 88.9 Å². The summed E-state index contributed by atoms with van der Waals surface area (Å²) >= 11 is 6.44. The molecule has 13 heteroatoms. The summed E-state index contributed by atoms with van der Waals surface area (Å²) in [7, 11) is -3.57. The first-order valence-electron chi connectivity index (χ1n) is 15.5. The number of para-hydroxylation sites is 1. The maximum atomic E-state index is 13.0. The zero-order valence-electron chi connectivity index (χ0n) is 26.8. The summed E-state index contributed by atoms with van der Waals surface area (Å²) in [6.45, 7) is 10.4. The van der Waals surface area contributed by atoms with Crippen LogP contribution in [0.4, 0.5) is 23.1 Å². The van der Waals surface area contributed by atoms with Gasteiger partial charge in [0.1, 0.15) is 10.8 Å². The highest BCUT2D eigenvalue weighted by molar-refractivity contribution is 7.92. The van der Waals surface area contributed by atoms with E-state index in [9.17, 15) is 18.0 Å². The highest BCUT2D eigenvalue weighted by Crippen LogP contribution is 2.38. The van der Waals surface area contributed by atoms with E-state index in [4.69, 9.17) is 21.4 Å². The Morgan fingerprint density at radius 3 is 2.41 bits per heavy atom. The third-order valence-electron chi connectivity index (χ3n) is 7.86. The lowest BCUT2D eigenvalue weighted by molar-refractivity contribution is -0.137. The van der Waals surface area contributed by atoms with Crippen LogP contribution in [0.5, 0.6) is 5.75 Å². The highest BCUT2D eigenvalue weighted by Gasteiger charge is 2.27. The first-order chi connectivity index (χ1) is 21.8. The molecule has 1 amide bonds. The van der Waals surface area contributed by atoms with Gasteiger partial charge in [0.15, 0.2) is 15.7 Å². The Hall–Kier alpha value is -3.90. The van der Waals surface area contributed by atoms with Gasteiger partial charge in [0.2, 0.25) is 11.9 Å². The van der Waals surface area contributed by atoms with Gasteiger partial charge < -0.3 is 25.4 Å². The number of ether oxygens (including phenoxy) is 1. The summed E-state index contributed by atoms with van der Waals surface area (Å²) in [5.74, 6) is 0.461. The Morgan fingerprint density at radius 1 is 1.07 bits per heavy atom. The molecule has 1 aliphatic rings. The smallest absolute Gasteiger partial charge is 0.303 e. The van der Waals surface area contributed by atoms with E-state index in [-0.39, 0.29) is 52.5 Å². The number of sulfone groups is 1. The number of aromatic nitrogens is 2. The summed E-state index contributed by atoms with van der Waals surface area (Å²) < 4.78 is 32.2. The fourth-order valence-corrected chi connectivity index (χ4v) is 6.76. The molecule has 3 N–H and O–H groups in total. The van der Waals surface area contributed by atoms with Crippen LogP contribution in [0, 0.1) is 6.92 Å². The van der Waals surface area contributed by atoms with Gasteiger partial charge in [-0.1, -0.05) is 23.7 Å². The van der Waals surface area contributed by atoms with E-state index in [1.165, 1.54) is 6.20 Å². The van der Waals surface area contributed by atoms with Crippen LogP contribution in [0.1, 0.15) is 76.8 Å². The number of amides is 1. The van der Waals surface area contributed by atoms with Crippen molar-refractivity contribution < 1.29 is 27.9 Å². The first kappa shape index (κ1) is 35.0. The number of hydrogen-bond donors (Lipinski definition) is 3. The second kappa shape index (κ2) is 15.1. The minimum atomic E-state index is -3.57. The zero-order chi connectivity index (χ0) is 33.6. The van der Waals surface area contributed by atoms with Gasteiger partial charge in [-0.05, 0) is 95.2 Å². The molecule has 1 fully saturated rings. The monoisotopic (exact) mass is 671 g/mol. The summed E-state index contributed by atoms with van der Waals surface area (Å²) in [6, 6.07) is 10.7. The van der Waals surface area contributed by atoms with Crippen LogP contribution in [0.15, 0.2) is 47.5 Å². The van der Waals surface area contributed by atoms with Crippen molar-refractivity contribution in [3.05, 3.63) is 58.7 Å². The van der Waals surface area contributed by atoms with Crippen molar-refractivity contribution >= 4 is 56.5 Å². The number of anilines is 4. The van der Waals surface area contributed by atoms with Crippen LogP contribution in [0.25, 0.3) is 0 Å². The summed E-state index contributed by atoms with van der Waals surface area (Å²) in [5, 5.41) is 14.8. The maximum Gasteiger partial charge on any atom is 0.303 e. The maximum absolute atomic E-state index is 13.0. The topological polar surface area (TPSA) is 151 Å². The van der Waals surface area contributed by atoms with Crippen LogP contribution >= 0.6 is 11.6 Å². The number of piperidine rings is 1. The lowest BCUT2D eigenvalue weighted by Crippen LogP contribution is -2.38. The molecular weight excluding hydrogens is 630 g/mol. The van der Waals surface area contributed by atoms with Gasteiger partial charge in [-0.25, -0.2) is 13.4 Å².